The minimum Gasteiger partial charge on any atom is -0.497 e. The number of amides is 3. The molecule has 0 bridgehead atoms. The zero-order chi connectivity index (χ0) is 25.7. The number of methoxy groups -OCH3 is 1. The highest BCUT2D eigenvalue weighted by Crippen LogP contribution is 2.32. The van der Waals surface area contributed by atoms with Gasteiger partial charge in [-0.05, 0) is 71.9 Å². The van der Waals surface area contributed by atoms with Gasteiger partial charge in [0.05, 0.1) is 17.0 Å². The van der Waals surface area contributed by atoms with E-state index in [2.05, 4.69) is 5.32 Å². The van der Waals surface area contributed by atoms with Crippen molar-refractivity contribution in [2.24, 2.45) is 0 Å². The summed E-state index contributed by atoms with van der Waals surface area (Å²) in [6.45, 7) is -0.443. The smallest absolute Gasteiger partial charge is 0.294 e. The summed E-state index contributed by atoms with van der Waals surface area (Å²) in [5, 5.41) is 2.40. The van der Waals surface area contributed by atoms with Gasteiger partial charge in [-0.3, -0.25) is 19.3 Å². The monoisotopic (exact) mass is 526 g/mol. The molecular weight excluding hydrogens is 507 g/mol. The largest absolute Gasteiger partial charge is 0.497 e. The lowest BCUT2D eigenvalue weighted by molar-refractivity contribution is -0.127. The van der Waals surface area contributed by atoms with E-state index >= 15 is 0 Å². The number of halogens is 2. The first-order valence-corrected chi connectivity index (χ1v) is 11.9. The molecule has 0 unspecified atom stereocenters. The van der Waals surface area contributed by atoms with Crippen molar-refractivity contribution in [1.29, 1.82) is 0 Å². The summed E-state index contributed by atoms with van der Waals surface area (Å²) < 4.78 is 24.6. The number of thioether (sulfide) groups is 1. The maximum atomic E-state index is 13.9. The number of carbonyl (C=O) groups excluding carboxylic acids is 3. The Balaban J connectivity index is 1.36. The Morgan fingerprint density at radius 3 is 2.42 bits per heavy atom. The number of imide groups is 1. The molecule has 1 fully saturated rings. The number of rotatable bonds is 8. The van der Waals surface area contributed by atoms with Crippen molar-refractivity contribution in [3.05, 3.63) is 93.6 Å². The number of ether oxygens (including phenoxy) is 2. The Morgan fingerprint density at radius 2 is 1.75 bits per heavy atom. The maximum absolute atomic E-state index is 13.9. The summed E-state index contributed by atoms with van der Waals surface area (Å²) in [7, 11) is 1.54. The van der Waals surface area contributed by atoms with Gasteiger partial charge in [0, 0.05) is 11.3 Å². The molecule has 1 heterocycles. The van der Waals surface area contributed by atoms with Crippen LogP contribution in [0.25, 0.3) is 6.08 Å². The molecule has 3 aromatic carbocycles. The lowest BCUT2D eigenvalue weighted by atomic mass is 10.2. The zero-order valence-electron chi connectivity index (χ0n) is 19.0. The van der Waals surface area contributed by atoms with Crippen LogP contribution in [0.4, 0.5) is 14.9 Å². The highest BCUT2D eigenvalue weighted by atomic mass is 35.5. The lowest BCUT2D eigenvalue weighted by Crippen LogP contribution is -2.36. The van der Waals surface area contributed by atoms with E-state index in [0.717, 1.165) is 16.7 Å². The standard InChI is InChI=1S/C26H20ClFN2O5S/c1-34-18-11-7-17(8-12-18)29-24(31)14-30-25(32)23(36-26(30)33)13-16-5-9-19(10-6-16)35-15-20-21(27)3-2-4-22(20)28/h2-13H,14-15H2,1H3,(H,29,31)/b23-13-. The predicted molar refractivity (Wildman–Crippen MR) is 136 cm³/mol. The first-order valence-electron chi connectivity index (χ1n) is 10.7. The molecule has 0 radical (unpaired) electrons. The molecule has 7 nitrogen and oxygen atoms in total. The Bertz CT molecular complexity index is 1310. The molecule has 0 saturated carbocycles. The van der Waals surface area contributed by atoms with Crippen LogP contribution in [-0.2, 0) is 16.2 Å². The van der Waals surface area contributed by atoms with Crippen molar-refractivity contribution < 1.29 is 28.2 Å². The van der Waals surface area contributed by atoms with Gasteiger partial charge in [0.25, 0.3) is 11.1 Å². The molecule has 0 atom stereocenters. The average Bonchev–Trinajstić information content (AvgIpc) is 3.12. The number of hydrogen-bond acceptors (Lipinski definition) is 6. The van der Waals surface area contributed by atoms with Crippen molar-refractivity contribution in [1.82, 2.24) is 4.90 Å². The molecule has 36 heavy (non-hydrogen) atoms. The van der Waals surface area contributed by atoms with Crippen molar-refractivity contribution in [3.63, 3.8) is 0 Å². The molecule has 3 aromatic rings. The fourth-order valence-corrected chi connectivity index (χ4v) is 4.35. The first kappa shape index (κ1) is 25.3. The number of hydrogen-bond donors (Lipinski definition) is 1. The van der Waals surface area contributed by atoms with E-state index < -0.39 is 29.4 Å². The lowest BCUT2D eigenvalue weighted by Gasteiger charge is -2.12. The highest BCUT2D eigenvalue weighted by Gasteiger charge is 2.36. The van der Waals surface area contributed by atoms with Crippen LogP contribution in [0.1, 0.15) is 11.1 Å². The molecular formula is C26H20ClFN2O5S. The van der Waals surface area contributed by atoms with E-state index in [1.165, 1.54) is 19.2 Å². The van der Waals surface area contributed by atoms with E-state index in [0.29, 0.717) is 22.7 Å². The third-order valence-electron chi connectivity index (χ3n) is 5.17. The summed E-state index contributed by atoms with van der Waals surface area (Å²) in [5.41, 5.74) is 1.43. The number of benzene rings is 3. The van der Waals surface area contributed by atoms with Gasteiger partial charge in [-0.1, -0.05) is 29.8 Å². The molecule has 0 aliphatic carbocycles. The Morgan fingerprint density at radius 1 is 1.06 bits per heavy atom. The number of nitrogens with zero attached hydrogens (tertiary/aromatic N) is 1. The molecule has 1 N–H and O–H groups in total. The molecule has 1 saturated heterocycles. The van der Waals surface area contributed by atoms with Crippen LogP contribution in [0.15, 0.2) is 71.6 Å². The SMILES string of the molecule is COc1ccc(NC(=O)CN2C(=O)S/C(=C\c3ccc(OCc4c(F)cccc4Cl)cc3)C2=O)cc1. The fraction of sp³-hybridized carbons (Fsp3) is 0.115. The fourth-order valence-electron chi connectivity index (χ4n) is 3.29. The van der Waals surface area contributed by atoms with E-state index in [9.17, 15) is 18.8 Å². The second-order valence-electron chi connectivity index (χ2n) is 7.60. The van der Waals surface area contributed by atoms with Gasteiger partial charge in [-0.2, -0.15) is 0 Å². The van der Waals surface area contributed by atoms with E-state index in [1.54, 1.807) is 60.7 Å². The van der Waals surface area contributed by atoms with Crippen LogP contribution in [0.3, 0.4) is 0 Å². The molecule has 0 aromatic heterocycles. The van der Waals surface area contributed by atoms with E-state index in [4.69, 9.17) is 21.1 Å². The van der Waals surface area contributed by atoms with Crippen LogP contribution < -0.4 is 14.8 Å². The predicted octanol–water partition coefficient (Wildman–Crippen LogP) is 5.74. The highest BCUT2D eigenvalue weighted by molar-refractivity contribution is 8.18. The number of anilines is 1. The maximum Gasteiger partial charge on any atom is 0.294 e. The molecule has 0 spiro atoms. The average molecular weight is 527 g/mol. The van der Waals surface area contributed by atoms with Crippen LogP contribution in [0.2, 0.25) is 5.02 Å². The summed E-state index contributed by atoms with van der Waals surface area (Å²) in [4.78, 5) is 38.5. The van der Waals surface area contributed by atoms with E-state index in [-0.39, 0.29) is 22.1 Å². The molecule has 10 heteroatoms. The summed E-state index contributed by atoms with van der Waals surface area (Å²) in [6.07, 6.45) is 1.56. The molecule has 1 aliphatic heterocycles. The zero-order valence-corrected chi connectivity index (χ0v) is 20.6. The third kappa shape index (κ3) is 6.05. The van der Waals surface area contributed by atoms with Crippen LogP contribution >= 0.6 is 23.4 Å². The summed E-state index contributed by atoms with van der Waals surface area (Å²) >= 11 is 6.77. The van der Waals surface area contributed by atoms with Crippen LogP contribution in [0, 0.1) is 5.82 Å². The summed E-state index contributed by atoms with van der Waals surface area (Å²) in [5.74, 6) is -0.384. The van der Waals surface area contributed by atoms with Crippen molar-refractivity contribution in [2.45, 2.75) is 6.61 Å². The van der Waals surface area contributed by atoms with Gasteiger partial charge in [-0.25, -0.2) is 4.39 Å². The topological polar surface area (TPSA) is 84.9 Å². The van der Waals surface area contributed by atoms with Crippen molar-refractivity contribution in [3.8, 4) is 11.5 Å². The normalized spacial score (nSPS) is 14.3. The van der Waals surface area contributed by atoms with Gasteiger partial charge < -0.3 is 14.8 Å². The van der Waals surface area contributed by atoms with Gasteiger partial charge in [0.2, 0.25) is 5.91 Å². The third-order valence-corrected chi connectivity index (χ3v) is 6.43. The van der Waals surface area contributed by atoms with Gasteiger partial charge in [0.1, 0.15) is 30.5 Å². The minimum absolute atomic E-state index is 0.0394. The Kier molecular flexibility index (Phi) is 7.92. The Hall–Kier alpha value is -3.82. The first-order chi connectivity index (χ1) is 17.3. The molecule has 4 rings (SSSR count). The molecule has 3 amide bonds. The summed E-state index contributed by atoms with van der Waals surface area (Å²) in [6, 6.07) is 17.8. The van der Waals surface area contributed by atoms with Crippen molar-refractivity contribution >= 4 is 52.2 Å². The second kappa shape index (κ2) is 11.3. The van der Waals surface area contributed by atoms with Gasteiger partial charge >= 0.3 is 0 Å². The number of nitrogens with one attached hydrogen (secondary N) is 1. The van der Waals surface area contributed by atoms with Crippen LogP contribution in [-0.4, -0.2) is 35.6 Å². The number of carbonyl (C=O) groups is 3. The minimum atomic E-state index is -0.551. The molecule has 1 aliphatic rings. The quantitative estimate of drug-likeness (QED) is 0.377. The van der Waals surface area contributed by atoms with Crippen molar-refractivity contribution in [2.75, 3.05) is 19.0 Å². The Labute approximate surface area is 215 Å². The second-order valence-corrected chi connectivity index (χ2v) is 9.00. The molecule has 184 valence electrons. The van der Waals surface area contributed by atoms with E-state index in [1.807, 2.05) is 0 Å². The van der Waals surface area contributed by atoms with Gasteiger partial charge in [-0.15, -0.1) is 0 Å². The van der Waals surface area contributed by atoms with Gasteiger partial charge in [0.15, 0.2) is 0 Å². The van der Waals surface area contributed by atoms with Crippen LogP contribution in [0.5, 0.6) is 11.5 Å².